The van der Waals surface area contributed by atoms with Gasteiger partial charge in [-0.1, -0.05) is 72.8 Å². The Bertz CT molecular complexity index is 2670. The van der Waals surface area contributed by atoms with E-state index in [9.17, 15) is 60.7 Å². The summed E-state index contributed by atoms with van der Waals surface area (Å²) in [6.45, 7) is 9.71. The zero-order chi connectivity index (χ0) is 52.7. The molecule has 0 spiro atoms. The Labute approximate surface area is 415 Å². The monoisotopic (exact) mass is 1030 g/mol. The molecule has 0 saturated carbocycles. The van der Waals surface area contributed by atoms with Gasteiger partial charge in [0.2, 0.25) is 31.9 Å². The van der Waals surface area contributed by atoms with Crippen molar-refractivity contribution in [1.29, 1.82) is 0 Å². The number of aliphatic hydroxyl groups excluding tert-OH is 4. The number of carbonyl (C=O) groups is 2. The molecule has 0 unspecified atom stereocenters. The summed E-state index contributed by atoms with van der Waals surface area (Å²) >= 11 is 0. The molecule has 22 heteroatoms. The van der Waals surface area contributed by atoms with Crippen molar-refractivity contribution in [2.75, 3.05) is 41.8 Å². The zero-order valence-corrected chi connectivity index (χ0v) is 42.3. The average molecular weight is 1030 g/mol. The van der Waals surface area contributed by atoms with Crippen LogP contribution >= 0.6 is 0 Å². The standard InChI is InChI=1S/C26H36FN3O6S.C22H28FN3O6S.CH4/c1-6-7-14-36-23(33)16-21(32)15-20(31)12-13-22-24(17(2)3)28-26(30(4)37(5,34)35)29-25(22)18-8-10-19(27)11-9-18;1-13(2)20-18(10-9-16(27)11-17(28)12-19(29)30)21(14-5-7-15(23)8-6-14)25-22(24-20)26(3)33(4,31)32;/h8-13,17,20-21,31-32H,6-7,14-16H2,1-5H3;5-10,13,16-17,27-28H,11-12H2,1-4H3,(H,29,30);1H4/p-1/b13-12+;10-9+;/t20-,21-;16-,17-;/m11./s1. The molecule has 18 nitrogen and oxygen atoms in total. The lowest BCUT2D eigenvalue weighted by Crippen LogP contribution is -2.29. The van der Waals surface area contributed by atoms with E-state index < -0.39 is 74.5 Å². The van der Waals surface area contributed by atoms with Gasteiger partial charge in [-0.3, -0.25) is 4.79 Å². The number of benzene rings is 2. The molecule has 71 heavy (non-hydrogen) atoms. The van der Waals surface area contributed by atoms with Crippen LogP contribution in [0.15, 0.2) is 60.7 Å². The molecule has 0 fully saturated rings. The first-order valence-corrected chi connectivity index (χ1v) is 26.0. The van der Waals surface area contributed by atoms with E-state index in [1.54, 1.807) is 6.08 Å². The minimum Gasteiger partial charge on any atom is -0.550 e. The van der Waals surface area contributed by atoms with Gasteiger partial charge in [-0.05, 0) is 66.8 Å². The van der Waals surface area contributed by atoms with Gasteiger partial charge in [0.1, 0.15) is 11.6 Å². The Morgan fingerprint density at radius 2 is 1.04 bits per heavy atom. The van der Waals surface area contributed by atoms with Crippen molar-refractivity contribution in [2.45, 2.75) is 117 Å². The topological polar surface area (TPSA) is 274 Å². The number of aliphatic carboxylic acids is 1. The normalized spacial score (nSPS) is 13.6. The van der Waals surface area contributed by atoms with Crippen molar-refractivity contribution in [2.24, 2.45) is 0 Å². The highest BCUT2D eigenvalue weighted by atomic mass is 32.2. The highest BCUT2D eigenvalue weighted by Gasteiger charge is 2.25. The molecule has 4 atom stereocenters. The van der Waals surface area contributed by atoms with Gasteiger partial charge in [0, 0.05) is 61.6 Å². The summed E-state index contributed by atoms with van der Waals surface area (Å²) < 4.78 is 82.5. The molecule has 0 bridgehead atoms. The van der Waals surface area contributed by atoms with Gasteiger partial charge in [0.05, 0.1) is 72.7 Å². The SMILES string of the molecule is C.CC(C)c1nc(N(C)S(C)(=O)=O)nc(-c2ccc(F)cc2)c1/C=C/[C@@H](O)C[C@@H](O)CC(=O)[O-].CCCCOC(=O)C[C@H](O)C[C@H](O)/C=C/c1c(-c2ccc(F)cc2)nc(N(C)S(C)(=O)=O)nc1C(C)C. The van der Waals surface area contributed by atoms with E-state index in [1.165, 1.54) is 80.9 Å². The zero-order valence-electron chi connectivity index (χ0n) is 40.7. The summed E-state index contributed by atoms with van der Waals surface area (Å²) in [7, 11) is -4.64. The summed E-state index contributed by atoms with van der Waals surface area (Å²) in [5, 5.41) is 51.3. The number of ether oxygens (including phenoxy) is 1. The average Bonchev–Trinajstić information content (AvgIpc) is 3.26. The minimum absolute atomic E-state index is 0. The van der Waals surface area contributed by atoms with Crippen LogP contribution in [-0.4, -0.2) is 127 Å². The minimum atomic E-state index is -3.66. The van der Waals surface area contributed by atoms with Crippen LogP contribution in [0.4, 0.5) is 20.7 Å². The Hall–Kier alpha value is -5.78. The number of sulfonamides is 2. The maximum atomic E-state index is 13.6. The van der Waals surface area contributed by atoms with E-state index in [0.29, 0.717) is 51.6 Å². The van der Waals surface area contributed by atoms with E-state index >= 15 is 0 Å². The Morgan fingerprint density at radius 3 is 1.37 bits per heavy atom. The molecular weight excluding hydrogens is 967 g/mol. The van der Waals surface area contributed by atoms with Crippen LogP contribution in [0.3, 0.4) is 0 Å². The van der Waals surface area contributed by atoms with E-state index in [4.69, 9.17) is 4.74 Å². The highest BCUT2D eigenvalue weighted by Crippen LogP contribution is 2.33. The maximum absolute atomic E-state index is 13.6. The van der Waals surface area contributed by atoms with Crippen LogP contribution in [0, 0.1) is 11.6 Å². The lowest BCUT2D eigenvalue weighted by molar-refractivity contribution is -0.307. The number of halogens is 2. The molecule has 0 aliphatic heterocycles. The van der Waals surface area contributed by atoms with Crippen LogP contribution in [0.2, 0.25) is 0 Å². The van der Waals surface area contributed by atoms with Gasteiger partial charge in [-0.15, -0.1) is 0 Å². The van der Waals surface area contributed by atoms with Crippen LogP contribution in [0.1, 0.15) is 115 Å². The number of hydrogen-bond acceptors (Lipinski definition) is 16. The molecule has 0 amide bonds. The van der Waals surface area contributed by atoms with Crippen molar-refractivity contribution >= 4 is 56.0 Å². The molecule has 2 aromatic heterocycles. The van der Waals surface area contributed by atoms with Crippen LogP contribution < -0.4 is 13.7 Å². The Balaban J connectivity index is 0.000000483. The fraction of sp³-hybridized carbons (Fsp3) is 0.469. The predicted molar refractivity (Wildman–Crippen MR) is 268 cm³/mol. The number of carboxylic acids is 1. The summed E-state index contributed by atoms with van der Waals surface area (Å²) in [5.41, 5.74) is 3.67. The van der Waals surface area contributed by atoms with E-state index in [1.807, 2.05) is 34.6 Å². The first kappa shape index (κ1) is 61.3. The van der Waals surface area contributed by atoms with Crippen molar-refractivity contribution in [1.82, 2.24) is 19.9 Å². The van der Waals surface area contributed by atoms with Crippen molar-refractivity contribution in [3.8, 4) is 22.5 Å². The number of anilines is 2. The number of unbranched alkanes of at least 4 members (excludes halogenated alkanes) is 1. The number of esters is 1. The van der Waals surface area contributed by atoms with E-state index in [-0.39, 0.29) is 50.4 Å². The van der Waals surface area contributed by atoms with Crippen LogP contribution in [-0.2, 0) is 34.4 Å². The van der Waals surface area contributed by atoms with Crippen LogP contribution in [0.5, 0.6) is 0 Å². The summed E-state index contributed by atoms with van der Waals surface area (Å²) in [6.07, 6.45) is 3.75. The molecular formula is C49H67F2N6O12S2-. The first-order valence-electron chi connectivity index (χ1n) is 22.3. The summed E-state index contributed by atoms with van der Waals surface area (Å²) in [5.74, 6) is -3.31. The molecule has 4 rings (SSSR count). The molecule has 4 aromatic rings. The van der Waals surface area contributed by atoms with Crippen molar-refractivity contribution < 1.29 is 65.5 Å². The number of aromatic nitrogens is 4. The van der Waals surface area contributed by atoms with Crippen LogP contribution in [0.25, 0.3) is 34.7 Å². The number of carboxylic acid groups (broad SMARTS) is 1. The van der Waals surface area contributed by atoms with E-state index in [2.05, 4.69) is 19.9 Å². The largest absolute Gasteiger partial charge is 0.550 e. The lowest BCUT2D eigenvalue weighted by Gasteiger charge is -2.20. The smallest absolute Gasteiger partial charge is 0.308 e. The fourth-order valence-electron chi connectivity index (χ4n) is 6.46. The second-order valence-electron chi connectivity index (χ2n) is 17.1. The Morgan fingerprint density at radius 1 is 0.676 bits per heavy atom. The Kier molecular flexibility index (Phi) is 24.0. The molecule has 0 aliphatic rings. The highest BCUT2D eigenvalue weighted by molar-refractivity contribution is 7.92. The third kappa shape index (κ3) is 19.4. The lowest BCUT2D eigenvalue weighted by atomic mass is 9.97. The number of carbonyl (C=O) groups excluding carboxylic acids is 2. The first-order chi connectivity index (χ1) is 32.6. The molecule has 0 radical (unpaired) electrons. The molecule has 0 aliphatic carbocycles. The maximum Gasteiger partial charge on any atom is 0.308 e. The third-order valence-electron chi connectivity index (χ3n) is 10.4. The number of hydrogen-bond donors (Lipinski definition) is 4. The molecule has 2 heterocycles. The number of rotatable bonds is 23. The second kappa shape index (κ2) is 27.7. The summed E-state index contributed by atoms with van der Waals surface area (Å²) in [6, 6.07) is 11.0. The molecule has 4 N–H and O–H groups in total. The van der Waals surface area contributed by atoms with Crippen molar-refractivity contribution in [3.05, 3.63) is 94.8 Å². The summed E-state index contributed by atoms with van der Waals surface area (Å²) in [4.78, 5) is 40.2. The van der Waals surface area contributed by atoms with Gasteiger partial charge in [0.25, 0.3) is 0 Å². The van der Waals surface area contributed by atoms with Gasteiger partial charge >= 0.3 is 5.97 Å². The second-order valence-corrected chi connectivity index (χ2v) is 21.1. The third-order valence-corrected chi connectivity index (χ3v) is 12.7. The van der Waals surface area contributed by atoms with Gasteiger partial charge in [-0.2, -0.15) is 0 Å². The predicted octanol–water partition coefficient (Wildman–Crippen LogP) is 5.36. The molecule has 392 valence electrons. The fourth-order valence-corrected chi connectivity index (χ4v) is 7.22. The van der Waals surface area contributed by atoms with E-state index in [0.717, 1.165) is 34.0 Å². The van der Waals surface area contributed by atoms with Gasteiger partial charge in [-0.25, -0.2) is 54.2 Å². The number of aliphatic hydroxyl groups is 4. The molecule has 0 saturated heterocycles. The quantitative estimate of drug-likeness (QED) is 0.0537. The van der Waals surface area contributed by atoms with Gasteiger partial charge < -0.3 is 35.1 Å². The van der Waals surface area contributed by atoms with Gasteiger partial charge in [0.15, 0.2) is 0 Å². The van der Waals surface area contributed by atoms with Crippen molar-refractivity contribution in [3.63, 3.8) is 0 Å². The number of nitrogens with zero attached hydrogens (tertiary/aromatic N) is 6. The molecule has 2 aromatic carbocycles.